The van der Waals surface area contributed by atoms with Gasteiger partial charge in [0.05, 0.1) is 12.1 Å². The Balaban J connectivity index is 1.74. The van der Waals surface area contributed by atoms with Crippen molar-refractivity contribution in [3.05, 3.63) is 71.5 Å². The molecule has 5 nitrogen and oxygen atoms in total. The largest absolute Gasteiger partial charge is 0.340 e. The van der Waals surface area contributed by atoms with E-state index in [1.165, 1.54) is 12.1 Å². The molecule has 0 unspecified atom stereocenters. The number of nitrogens with zero attached hydrogens (tertiary/aromatic N) is 3. The third kappa shape index (κ3) is 5.10. The van der Waals surface area contributed by atoms with E-state index in [-0.39, 0.29) is 11.9 Å². The van der Waals surface area contributed by atoms with Gasteiger partial charge in [-0.15, -0.1) is 0 Å². The smallest absolute Gasteiger partial charge is 0.254 e. The molecule has 0 radical (unpaired) electrons. The predicted molar refractivity (Wildman–Crippen MR) is 129 cm³/mol. The second kappa shape index (κ2) is 10.2. The number of amides is 1. The average Bonchev–Trinajstić information content (AvgIpc) is 3.26. The van der Waals surface area contributed by atoms with E-state index in [2.05, 4.69) is 23.9 Å². The van der Waals surface area contributed by atoms with Gasteiger partial charge in [0.1, 0.15) is 11.5 Å². The van der Waals surface area contributed by atoms with Crippen LogP contribution in [0.3, 0.4) is 0 Å². The monoisotopic (exact) mass is 449 g/mol. The Bertz CT molecular complexity index is 1070. The SMILES string of the molecule is CC[C@H](C)N(Cc1c(-c2ccccc2)noc1N1CCC(C)CC1)C(=O)c1cccc(F)c1. The highest BCUT2D eigenvalue weighted by molar-refractivity contribution is 5.94. The summed E-state index contributed by atoms with van der Waals surface area (Å²) in [6.07, 6.45) is 2.97. The van der Waals surface area contributed by atoms with Crippen molar-refractivity contribution < 1.29 is 13.7 Å². The Labute approximate surface area is 195 Å². The first-order valence-corrected chi connectivity index (χ1v) is 11.8. The molecule has 1 aliphatic rings. The van der Waals surface area contributed by atoms with Crippen molar-refractivity contribution in [1.29, 1.82) is 0 Å². The molecule has 174 valence electrons. The maximum atomic E-state index is 13.9. The fraction of sp³-hybridized carbons (Fsp3) is 0.407. The third-order valence-electron chi connectivity index (χ3n) is 6.67. The van der Waals surface area contributed by atoms with Crippen LogP contribution in [0.1, 0.15) is 56.0 Å². The lowest BCUT2D eigenvalue weighted by Crippen LogP contribution is -2.39. The van der Waals surface area contributed by atoms with Crippen molar-refractivity contribution >= 4 is 11.8 Å². The van der Waals surface area contributed by atoms with Crippen molar-refractivity contribution in [3.63, 3.8) is 0 Å². The minimum atomic E-state index is -0.414. The van der Waals surface area contributed by atoms with Crippen LogP contribution in [0.4, 0.5) is 10.3 Å². The molecular formula is C27H32FN3O2. The van der Waals surface area contributed by atoms with E-state index in [9.17, 15) is 9.18 Å². The molecule has 1 atom stereocenters. The molecule has 1 amide bonds. The number of piperidine rings is 1. The molecule has 0 aliphatic carbocycles. The van der Waals surface area contributed by atoms with Gasteiger partial charge in [-0.25, -0.2) is 4.39 Å². The van der Waals surface area contributed by atoms with Crippen molar-refractivity contribution in [2.45, 2.75) is 52.6 Å². The zero-order valence-electron chi connectivity index (χ0n) is 19.6. The maximum Gasteiger partial charge on any atom is 0.254 e. The molecule has 0 saturated carbocycles. The van der Waals surface area contributed by atoms with E-state index in [1.807, 2.05) is 42.2 Å². The molecule has 6 heteroatoms. The Morgan fingerprint density at radius 1 is 1.18 bits per heavy atom. The second-order valence-electron chi connectivity index (χ2n) is 9.05. The molecule has 1 fully saturated rings. The van der Waals surface area contributed by atoms with Crippen LogP contribution in [-0.2, 0) is 6.54 Å². The number of rotatable bonds is 7. The fourth-order valence-electron chi connectivity index (χ4n) is 4.33. The average molecular weight is 450 g/mol. The normalized spacial score (nSPS) is 15.5. The van der Waals surface area contributed by atoms with Gasteiger partial charge in [-0.3, -0.25) is 4.79 Å². The molecule has 0 bridgehead atoms. The lowest BCUT2D eigenvalue weighted by Gasteiger charge is -2.32. The van der Waals surface area contributed by atoms with Crippen LogP contribution in [0.2, 0.25) is 0 Å². The van der Waals surface area contributed by atoms with Crippen LogP contribution in [0.15, 0.2) is 59.1 Å². The first-order valence-electron chi connectivity index (χ1n) is 11.8. The van der Waals surface area contributed by atoms with Gasteiger partial charge in [0.15, 0.2) is 0 Å². The zero-order valence-corrected chi connectivity index (χ0v) is 19.6. The van der Waals surface area contributed by atoms with Gasteiger partial charge in [0.2, 0.25) is 5.88 Å². The number of hydrogen-bond donors (Lipinski definition) is 0. The first-order chi connectivity index (χ1) is 16.0. The van der Waals surface area contributed by atoms with Gasteiger partial charge in [0, 0.05) is 30.3 Å². The minimum Gasteiger partial charge on any atom is -0.340 e. The summed E-state index contributed by atoms with van der Waals surface area (Å²) in [6, 6.07) is 15.8. The molecule has 3 aromatic rings. The number of carbonyl (C=O) groups is 1. The molecule has 33 heavy (non-hydrogen) atoms. The number of halogens is 1. The summed E-state index contributed by atoms with van der Waals surface area (Å²) >= 11 is 0. The lowest BCUT2D eigenvalue weighted by molar-refractivity contribution is 0.0671. The minimum absolute atomic E-state index is 0.0338. The fourth-order valence-corrected chi connectivity index (χ4v) is 4.33. The summed E-state index contributed by atoms with van der Waals surface area (Å²) in [7, 11) is 0. The van der Waals surface area contributed by atoms with Crippen LogP contribution in [0.25, 0.3) is 11.3 Å². The highest BCUT2D eigenvalue weighted by atomic mass is 19.1. The van der Waals surface area contributed by atoms with Crippen LogP contribution in [-0.4, -0.2) is 35.1 Å². The Hall–Kier alpha value is -3.15. The zero-order chi connectivity index (χ0) is 23.4. The molecule has 1 aliphatic heterocycles. The van der Waals surface area contributed by atoms with Crippen LogP contribution in [0.5, 0.6) is 0 Å². The van der Waals surface area contributed by atoms with Gasteiger partial charge < -0.3 is 14.3 Å². The van der Waals surface area contributed by atoms with E-state index in [1.54, 1.807) is 12.1 Å². The summed E-state index contributed by atoms with van der Waals surface area (Å²) < 4.78 is 19.8. The van der Waals surface area contributed by atoms with E-state index >= 15 is 0 Å². The van der Waals surface area contributed by atoms with E-state index in [4.69, 9.17) is 4.52 Å². The van der Waals surface area contributed by atoms with E-state index < -0.39 is 5.82 Å². The standard InChI is InChI=1S/C27H32FN3O2/c1-4-20(3)31(26(32)22-11-8-12-23(28)17-22)18-24-25(21-9-6-5-7-10-21)29-33-27(24)30-15-13-19(2)14-16-30/h5-12,17,19-20H,4,13-16,18H2,1-3H3/t20-/m0/s1. The molecular weight excluding hydrogens is 417 g/mol. The van der Waals surface area contributed by atoms with Gasteiger partial charge in [-0.2, -0.15) is 0 Å². The van der Waals surface area contributed by atoms with Crippen LogP contribution in [0, 0.1) is 11.7 Å². The predicted octanol–water partition coefficient (Wildman–Crippen LogP) is 6.16. The van der Waals surface area contributed by atoms with Gasteiger partial charge >= 0.3 is 0 Å². The molecule has 2 aromatic carbocycles. The summed E-state index contributed by atoms with van der Waals surface area (Å²) in [5, 5.41) is 4.45. The van der Waals surface area contributed by atoms with Gasteiger partial charge in [0.25, 0.3) is 5.91 Å². The van der Waals surface area contributed by atoms with Crippen molar-refractivity contribution in [2.24, 2.45) is 5.92 Å². The van der Waals surface area contributed by atoms with Crippen LogP contribution < -0.4 is 4.90 Å². The Morgan fingerprint density at radius 2 is 1.91 bits per heavy atom. The van der Waals surface area contributed by atoms with Crippen molar-refractivity contribution in [1.82, 2.24) is 10.1 Å². The highest BCUT2D eigenvalue weighted by Crippen LogP contribution is 2.35. The maximum absolute atomic E-state index is 13.9. The summed E-state index contributed by atoms with van der Waals surface area (Å²) in [5.41, 5.74) is 2.96. The molecule has 2 heterocycles. The second-order valence-corrected chi connectivity index (χ2v) is 9.05. The Kier molecular flexibility index (Phi) is 7.11. The topological polar surface area (TPSA) is 49.6 Å². The molecule has 4 rings (SSSR count). The quantitative estimate of drug-likeness (QED) is 0.434. The van der Waals surface area contributed by atoms with Crippen molar-refractivity contribution in [2.75, 3.05) is 18.0 Å². The third-order valence-corrected chi connectivity index (χ3v) is 6.67. The summed E-state index contributed by atoms with van der Waals surface area (Å²) in [4.78, 5) is 17.6. The Morgan fingerprint density at radius 3 is 2.58 bits per heavy atom. The van der Waals surface area contributed by atoms with Crippen molar-refractivity contribution in [3.8, 4) is 11.3 Å². The number of hydrogen-bond acceptors (Lipinski definition) is 4. The lowest BCUT2D eigenvalue weighted by atomic mass is 9.98. The number of aromatic nitrogens is 1. The highest BCUT2D eigenvalue weighted by Gasteiger charge is 2.30. The van der Waals surface area contributed by atoms with E-state index in [0.717, 1.165) is 55.1 Å². The van der Waals surface area contributed by atoms with E-state index in [0.29, 0.717) is 18.0 Å². The summed E-state index contributed by atoms with van der Waals surface area (Å²) in [6.45, 7) is 8.50. The van der Waals surface area contributed by atoms with Gasteiger partial charge in [-0.1, -0.05) is 55.4 Å². The number of anilines is 1. The van der Waals surface area contributed by atoms with Crippen LogP contribution >= 0.6 is 0 Å². The van der Waals surface area contributed by atoms with Gasteiger partial charge in [-0.05, 0) is 50.3 Å². The number of benzene rings is 2. The molecule has 1 aromatic heterocycles. The first kappa shape index (κ1) is 23.0. The summed E-state index contributed by atoms with van der Waals surface area (Å²) in [5.74, 6) is 0.818. The molecule has 1 saturated heterocycles. The number of carbonyl (C=O) groups excluding carboxylic acids is 1. The molecule has 0 N–H and O–H groups in total. The molecule has 0 spiro atoms.